The van der Waals surface area contributed by atoms with Crippen molar-refractivity contribution in [3.05, 3.63) is 35.9 Å². The molecule has 0 aromatic heterocycles. The van der Waals surface area contributed by atoms with Crippen molar-refractivity contribution in [1.82, 2.24) is 0 Å². The highest BCUT2D eigenvalue weighted by Crippen LogP contribution is 2.26. The van der Waals surface area contributed by atoms with Gasteiger partial charge in [-0.05, 0) is 25.3 Å². The van der Waals surface area contributed by atoms with Gasteiger partial charge >= 0.3 is 0 Å². The first kappa shape index (κ1) is 13.2. The van der Waals surface area contributed by atoms with Gasteiger partial charge in [-0.2, -0.15) is 8.42 Å². The standard InChI is InChI=1S/C11H17NO3S/c1-9(12)7-8-11(16(13,14)15)10-5-3-2-4-6-10/h2-6,9,11H,7-8,12H2,1H3,(H,13,14,15). The molecule has 3 N–H and O–H groups in total. The fourth-order valence-electron chi connectivity index (χ4n) is 1.57. The molecule has 0 aliphatic carbocycles. The second kappa shape index (κ2) is 5.43. The molecule has 0 aliphatic rings. The average molecular weight is 243 g/mol. The molecule has 0 heterocycles. The lowest BCUT2D eigenvalue weighted by atomic mass is 10.1. The van der Waals surface area contributed by atoms with Crippen molar-refractivity contribution in [2.75, 3.05) is 0 Å². The summed E-state index contributed by atoms with van der Waals surface area (Å²) >= 11 is 0. The van der Waals surface area contributed by atoms with Gasteiger partial charge in [0.25, 0.3) is 10.1 Å². The van der Waals surface area contributed by atoms with Crippen LogP contribution in [-0.2, 0) is 10.1 Å². The minimum Gasteiger partial charge on any atom is -0.328 e. The van der Waals surface area contributed by atoms with Crippen LogP contribution in [0.3, 0.4) is 0 Å². The van der Waals surface area contributed by atoms with E-state index in [1.54, 1.807) is 30.3 Å². The Bertz CT molecular complexity index is 414. The van der Waals surface area contributed by atoms with Crippen LogP contribution < -0.4 is 5.73 Å². The first-order valence-corrected chi connectivity index (χ1v) is 6.68. The zero-order valence-corrected chi connectivity index (χ0v) is 10.0. The molecule has 0 fully saturated rings. The van der Waals surface area contributed by atoms with Gasteiger partial charge in [0.15, 0.2) is 0 Å². The maximum absolute atomic E-state index is 11.3. The molecular weight excluding hydrogens is 226 g/mol. The Morgan fingerprint density at radius 1 is 1.25 bits per heavy atom. The lowest BCUT2D eigenvalue weighted by molar-refractivity contribution is 0.458. The van der Waals surface area contributed by atoms with E-state index in [4.69, 9.17) is 5.73 Å². The van der Waals surface area contributed by atoms with Crippen molar-refractivity contribution in [3.63, 3.8) is 0 Å². The molecule has 0 saturated carbocycles. The third-order valence-corrected chi connectivity index (χ3v) is 3.64. The van der Waals surface area contributed by atoms with E-state index in [9.17, 15) is 13.0 Å². The van der Waals surface area contributed by atoms with E-state index < -0.39 is 15.4 Å². The molecule has 0 spiro atoms. The molecule has 2 unspecified atom stereocenters. The van der Waals surface area contributed by atoms with Crippen molar-refractivity contribution in [2.45, 2.75) is 31.1 Å². The third-order valence-electron chi connectivity index (χ3n) is 2.42. The molecule has 16 heavy (non-hydrogen) atoms. The van der Waals surface area contributed by atoms with Crippen LogP contribution >= 0.6 is 0 Å². The molecule has 0 aliphatic heterocycles. The summed E-state index contributed by atoms with van der Waals surface area (Å²) in [6, 6.07) is 8.61. The Hall–Kier alpha value is -0.910. The topological polar surface area (TPSA) is 80.4 Å². The molecule has 0 radical (unpaired) electrons. The molecule has 4 nitrogen and oxygen atoms in total. The zero-order chi connectivity index (χ0) is 12.2. The Morgan fingerprint density at radius 3 is 2.25 bits per heavy atom. The highest BCUT2D eigenvalue weighted by atomic mass is 32.2. The Kier molecular flexibility index (Phi) is 4.46. The summed E-state index contributed by atoms with van der Waals surface area (Å²) in [4.78, 5) is 0. The first-order valence-electron chi connectivity index (χ1n) is 5.18. The van der Waals surface area contributed by atoms with Crippen LogP contribution in [0.1, 0.15) is 30.6 Å². The summed E-state index contributed by atoms with van der Waals surface area (Å²) in [6.07, 6.45) is 0.889. The molecule has 0 amide bonds. The van der Waals surface area contributed by atoms with Crippen LogP contribution in [0.2, 0.25) is 0 Å². The minimum atomic E-state index is -4.07. The third kappa shape index (κ3) is 3.92. The molecule has 2 atom stereocenters. The maximum Gasteiger partial charge on any atom is 0.271 e. The number of nitrogens with two attached hydrogens (primary N) is 1. The summed E-state index contributed by atoms with van der Waals surface area (Å²) < 4.78 is 31.7. The lowest BCUT2D eigenvalue weighted by Gasteiger charge is -2.15. The van der Waals surface area contributed by atoms with Crippen molar-refractivity contribution in [3.8, 4) is 0 Å². The largest absolute Gasteiger partial charge is 0.328 e. The second-order valence-corrected chi connectivity index (χ2v) is 5.57. The van der Waals surface area contributed by atoms with Crippen LogP contribution in [0.15, 0.2) is 30.3 Å². The fraction of sp³-hybridized carbons (Fsp3) is 0.455. The van der Waals surface area contributed by atoms with Gasteiger partial charge in [0.2, 0.25) is 0 Å². The molecule has 5 heteroatoms. The van der Waals surface area contributed by atoms with E-state index in [1.165, 1.54) is 0 Å². The van der Waals surface area contributed by atoms with Gasteiger partial charge in [-0.1, -0.05) is 30.3 Å². The fourth-order valence-corrected chi connectivity index (χ4v) is 2.50. The maximum atomic E-state index is 11.3. The summed E-state index contributed by atoms with van der Waals surface area (Å²) in [5, 5.41) is -0.875. The predicted molar refractivity (Wildman–Crippen MR) is 63.6 cm³/mol. The Balaban J connectivity index is 2.90. The normalized spacial score (nSPS) is 15.7. The molecular formula is C11H17NO3S. The predicted octanol–water partition coefficient (Wildman–Crippen LogP) is 1.74. The van der Waals surface area contributed by atoms with Crippen molar-refractivity contribution in [1.29, 1.82) is 0 Å². The number of rotatable bonds is 5. The molecule has 1 aromatic rings. The number of hydrogen-bond donors (Lipinski definition) is 2. The van der Waals surface area contributed by atoms with Crippen LogP contribution in [0, 0.1) is 0 Å². The van der Waals surface area contributed by atoms with Gasteiger partial charge in [-0.15, -0.1) is 0 Å². The van der Waals surface area contributed by atoms with E-state index in [0.717, 1.165) is 0 Å². The molecule has 0 saturated heterocycles. The lowest BCUT2D eigenvalue weighted by Crippen LogP contribution is -2.19. The average Bonchev–Trinajstić information content (AvgIpc) is 2.17. The Labute approximate surface area is 96.2 Å². The number of benzene rings is 1. The Morgan fingerprint density at radius 2 is 1.81 bits per heavy atom. The molecule has 1 aromatic carbocycles. The van der Waals surface area contributed by atoms with Gasteiger partial charge in [0.1, 0.15) is 5.25 Å². The SMILES string of the molecule is CC(N)CCC(c1ccccc1)S(=O)(=O)O. The quantitative estimate of drug-likeness (QED) is 0.772. The van der Waals surface area contributed by atoms with E-state index in [0.29, 0.717) is 18.4 Å². The summed E-state index contributed by atoms with van der Waals surface area (Å²) in [5.41, 5.74) is 6.19. The van der Waals surface area contributed by atoms with Gasteiger partial charge in [-0.3, -0.25) is 4.55 Å². The van der Waals surface area contributed by atoms with Crippen LogP contribution in [0.5, 0.6) is 0 Å². The van der Waals surface area contributed by atoms with Crippen molar-refractivity contribution >= 4 is 10.1 Å². The van der Waals surface area contributed by atoms with E-state index in [-0.39, 0.29) is 6.04 Å². The molecule has 1 rings (SSSR count). The van der Waals surface area contributed by atoms with Gasteiger partial charge in [0.05, 0.1) is 0 Å². The van der Waals surface area contributed by atoms with Gasteiger partial charge < -0.3 is 5.73 Å². The van der Waals surface area contributed by atoms with Crippen molar-refractivity contribution < 1.29 is 13.0 Å². The number of hydrogen-bond acceptors (Lipinski definition) is 3. The summed E-state index contributed by atoms with van der Waals surface area (Å²) in [5.74, 6) is 0. The molecule has 90 valence electrons. The monoisotopic (exact) mass is 243 g/mol. The highest BCUT2D eigenvalue weighted by Gasteiger charge is 2.24. The van der Waals surface area contributed by atoms with E-state index in [1.807, 2.05) is 6.92 Å². The van der Waals surface area contributed by atoms with Gasteiger partial charge in [0, 0.05) is 6.04 Å². The van der Waals surface area contributed by atoms with Gasteiger partial charge in [-0.25, -0.2) is 0 Å². The molecule has 0 bridgehead atoms. The van der Waals surface area contributed by atoms with Crippen LogP contribution in [0.4, 0.5) is 0 Å². The van der Waals surface area contributed by atoms with E-state index in [2.05, 4.69) is 0 Å². The zero-order valence-electron chi connectivity index (χ0n) is 9.20. The highest BCUT2D eigenvalue weighted by molar-refractivity contribution is 7.86. The van der Waals surface area contributed by atoms with Crippen LogP contribution in [0.25, 0.3) is 0 Å². The second-order valence-electron chi connectivity index (χ2n) is 3.97. The van der Waals surface area contributed by atoms with Crippen molar-refractivity contribution in [2.24, 2.45) is 5.73 Å². The smallest absolute Gasteiger partial charge is 0.271 e. The summed E-state index contributed by atoms with van der Waals surface area (Å²) in [7, 11) is -4.07. The van der Waals surface area contributed by atoms with Crippen LogP contribution in [-0.4, -0.2) is 19.0 Å². The van der Waals surface area contributed by atoms with E-state index >= 15 is 0 Å². The minimum absolute atomic E-state index is 0.0760. The summed E-state index contributed by atoms with van der Waals surface area (Å²) in [6.45, 7) is 1.81. The first-order chi connectivity index (χ1) is 7.41.